The van der Waals surface area contributed by atoms with Gasteiger partial charge in [-0.05, 0) is 32.0 Å². The molecule has 2 aromatic rings. The van der Waals surface area contributed by atoms with E-state index in [9.17, 15) is 14.9 Å². The van der Waals surface area contributed by atoms with Gasteiger partial charge in [-0.25, -0.2) is 4.79 Å². The first-order chi connectivity index (χ1) is 11.4. The summed E-state index contributed by atoms with van der Waals surface area (Å²) < 4.78 is 5.17. The molecule has 0 spiro atoms. The van der Waals surface area contributed by atoms with Crippen LogP contribution in [-0.2, 0) is 0 Å². The molecule has 0 saturated heterocycles. The fraction of sp³-hybridized carbons (Fsp3) is 0.235. The Morgan fingerprint density at radius 2 is 1.88 bits per heavy atom. The van der Waals surface area contributed by atoms with Crippen LogP contribution in [0.1, 0.15) is 13.8 Å². The number of anilines is 2. The summed E-state index contributed by atoms with van der Waals surface area (Å²) in [6.07, 6.45) is 0. The standard InChI is InChI=1S/C17H19N3O4/c1-12(2)19(13-7-5-4-6-8-13)17(21)18-15-11-14(20(22)23)9-10-16(15)24-3/h4-12H,1-3H3,(H,18,21). The molecular formula is C17H19N3O4. The highest BCUT2D eigenvalue weighted by Crippen LogP contribution is 2.29. The van der Waals surface area contributed by atoms with Crippen LogP contribution in [0, 0.1) is 10.1 Å². The monoisotopic (exact) mass is 329 g/mol. The molecule has 0 atom stereocenters. The zero-order valence-electron chi connectivity index (χ0n) is 13.7. The number of hydrogen-bond acceptors (Lipinski definition) is 4. The van der Waals surface area contributed by atoms with Crippen molar-refractivity contribution in [2.45, 2.75) is 19.9 Å². The van der Waals surface area contributed by atoms with Gasteiger partial charge in [-0.2, -0.15) is 0 Å². The lowest BCUT2D eigenvalue weighted by molar-refractivity contribution is -0.384. The van der Waals surface area contributed by atoms with E-state index in [-0.39, 0.29) is 17.4 Å². The quantitative estimate of drug-likeness (QED) is 0.662. The van der Waals surface area contributed by atoms with Gasteiger partial charge in [0, 0.05) is 23.9 Å². The second-order valence-corrected chi connectivity index (χ2v) is 5.37. The number of non-ortho nitro benzene ring substituents is 1. The van der Waals surface area contributed by atoms with Crippen molar-refractivity contribution in [2.24, 2.45) is 0 Å². The molecule has 7 nitrogen and oxygen atoms in total. The molecule has 0 aromatic heterocycles. The molecule has 0 bridgehead atoms. The van der Waals surface area contributed by atoms with Crippen LogP contribution in [0.25, 0.3) is 0 Å². The number of urea groups is 1. The van der Waals surface area contributed by atoms with E-state index >= 15 is 0 Å². The summed E-state index contributed by atoms with van der Waals surface area (Å²) in [5, 5.41) is 13.6. The van der Waals surface area contributed by atoms with Gasteiger partial charge >= 0.3 is 6.03 Å². The number of para-hydroxylation sites is 1. The highest BCUT2D eigenvalue weighted by Gasteiger charge is 2.21. The minimum atomic E-state index is -0.521. The van der Waals surface area contributed by atoms with E-state index in [4.69, 9.17) is 4.74 Å². The van der Waals surface area contributed by atoms with Crippen molar-refractivity contribution < 1.29 is 14.5 Å². The highest BCUT2D eigenvalue weighted by atomic mass is 16.6. The van der Waals surface area contributed by atoms with Crippen LogP contribution in [0.2, 0.25) is 0 Å². The average Bonchev–Trinajstić information content (AvgIpc) is 2.55. The normalized spacial score (nSPS) is 10.3. The second kappa shape index (κ2) is 7.45. The fourth-order valence-corrected chi connectivity index (χ4v) is 2.32. The van der Waals surface area contributed by atoms with Gasteiger partial charge in [-0.15, -0.1) is 0 Å². The highest BCUT2D eigenvalue weighted by molar-refractivity contribution is 6.03. The van der Waals surface area contributed by atoms with Gasteiger partial charge in [0.05, 0.1) is 17.7 Å². The van der Waals surface area contributed by atoms with Gasteiger partial charge in [0.1, 0.15) is 5.75 Å². The molecule has 2 rings (SSSR count). The molecule has 2 amide bonds. The van der Waals surface area contributed by atoms with Crippen molar-refractivity contribution in [1.82, 2.24) is 0 Å². The zero-order valence-corrected chi connectivity index (χ0v) is 13.7. The van der Waals surface area contributed by atoms with Crippen molar-refractivity contribution in [3.63, 3.8) is 0 Å². The maximum absolute atomic E-state index is 12.7. The Balaban J connectivity index is 2.33. The summed E-state index contributed by atoms with van der Waals surface area (Å²) in [4.78, 5) is 24.7. The third kappa shape index (κ3) is 3.81. The van der Waals surface area contributed by atoms with E-state index in [0.717, 1.165) is 5.69 Å². The number of ether oxygens (including phenoxy) is 1. The van der Waals surface area contributed by atoms with Gasteiger partial charge in [0.25, 0.3) is 5.69 Å². The van der Waals surface area contributed by atoms with E-state index in [0.29, 0.717) is 5.75 Å². The Bertz CT molecular complexity index is 732. The van der Waals surface area contributed by atoms with E-state index in [2.05, 4.69) is 5.32 Å². The van der Waals surface area contributed by atoms with E-state index < -0.39 is 11.0 Å². The first-order valence-corrected chi connectivity index (χ1v) is 7.41. The molecule has 2 aromatic carbocycles. The summed E-state index contributed by atoms with van der Waals surface area (Å²) >= 11 is 0. The molecule has 0 aliphatic heterocycles. The Hall–Kier alpha value is -3.09. The van der Waals surface area contributed by atoms with Crippen molar-refractivity contribution in [3.05, 3.63) is 58.6 Å². The number of hydrogen-bond donors (Lipinski definition) is 1. The van der Waals surface area contributed by atoms with Gasteiger partial charge in [0.15, 0.2) is 0 Å². The third-order valence-corrected chi connectivity index (χ3v) is 3.41. The molecule has 0 radical (unpaired) electrons. The SMILES string of the molecule is COc1ccc([N+](=O)[O-])cc1NC(=O)N(c1ccccc1)C(C)C. The number of nitrogens with one attached hydrogen (secondary N) is 1. The van der Waals surface area contributed by atoms with Gasteiger partial charge < -0.3 is 10.1 Å². The molecule has 24 heavy (non-hydrogen) atoms. The predicted octanol–water partition coefficient (Wildman–Crippen LogP) is 4.05. The second-order valence-electron chi connectivity index (χ2n) is 5.37. The van der Waals surface area contributed by atoms with Crippen LogP contribution in [0.5, 0.6) is 5.75 Å². The molecule has 0 heterocycles. The van der Waals surface area contributed by atoms with Crippen molar-refractivity contribution >= 4 is 23.1 Å². The van der Waals surface area contributed by atoms with Crippen LogP contribution >= 0.6 is 0 Å². The minimum Gasteiger partial charge on any atom is -0.495 e. The van der Waals surface area contributed by atoms with E-state index in [1.54, 1.807) is 4.90 Å². The first-order valence-electron chi connectivity index (χ1n) is 7.41. The summed E-state index contributed by atoms with van der Waals surface area (Å²) in [6.45, 7) is 3.77. The summed E-state index contributed by atoms with van der Waals surface area (Å²) in [5.74, 6) is 0.353. The number of carbonyl (C=O) groups excluding carboxylic acids is 1. The van der Waals surface area contributed by atoms with Gasteiger partial charge in [-0.3, -0.25) is 15.0 Å². The van der Waals surface area contributed by atoms with Crippen LogP contribution in [0.15, 0.2) is 48.5 Å². The maximum atomic E-state index is 12.7. The number of carbonyl (C=O) groups is 1. The van der Waals surface area contributed by atoms with E-state index in [1.165, 1.54) is 25.3 Å². The lowest BCUT2D eigenvalue weighted by Crippen LogP contribution is -2.40. The Morgan fingerprint density at radius 1 is 1.21 bits per heavy atom. The molecule has 0 fully saturated rings. The average molecular weight is 329 g/mol. The number of nitro benzene ring substituents is 1. The third-order valence-electron chi connectivity index (χ3n) is 3.41. The Morgan fingerprint density at radius 3 is 2.42 bits per heavy atom. The topological polar surface area (TPSA) is 84.7 Å². The van der Waals surface area contributed by atoms with Gasteiger partial charge in [-0.1, -0.05) is 18.2 Å². The molecule has 0 aliphatic carbocycles. The number of nitro groups is 1. The van der Waals surface area contributed by atoms with Gasteiger partial charge in [0.2, 0.25) is 0 Å². The molecule has 0 saturated carbocycles. The molecular weight excluding hydrogens is 310 g/mol. The number of rotatable bonds is 5. The van der Waals surface area contributed by atoms with Crippen LogP contribution < -0.4 is 15.0 Å². The Labute approximate surface area is 140 Å². The largest absolute Gasteiger partial charge is 0.495 e. The molecule has 0 unspecified atom stereocenters. The zero-order chi connectivity index (χ0) is 17.7. The number of methoxy groups -OCH3 is 1. The van der Waals surface area contributed by atoms with Crippen LogP contribution in [0.3, 0.4) is 0 Å². The smallest absolute Gasteiger partial charge is 0.326 e. The summed E-state index contributed by atoms with van der Waals surface area (Å²) in [7, 11) is 1.44. The van der Waals surface area contributed by atoms with Crippen molar-refractivity contribution in [1.29, 1.82) is 0 Å². The Kier molecular flexibility index (Phi) is 5.36. The van der Waals surface area contributed by atoms with E-state index in [1.807, 2.05) is 44.2 Å². The van der Waals surface area contributed by atoms with Crippen molar-refractivity contribution in [2.75, 3.05) is 17.3 Å². The fourth-order valence-electron chi connectivity index (χ4n) is 2.32. The molecule has 1 N–H and O–H groups in total. The first kappa shape index (κ1) is 17.3. The molecule has 126 valence electrons. The van der Waals surface area contributed by atoms with Crippen LogP contribution in [0.4, 0.5) is 21.9 Å². The summed E-state index contributed by atoms with van der Waals surface area (Å²) in [5.41, 5.74) is 0.856. The maximum Gasteiger partial charge on any atom is 0.326 e. The predicted molar refractivity (Wildman–Crippen MR) is 92.7 cm³/mol. The lowest BCUT2D eigenvalue weighted by atomic mass is 10.2. The number of amides is 2. The number of nitrogens with zero attached hydrogens (tertiary/aromatic N) is 2. The summed E-state index contributed by atoms with van der Waals surface area (Å²) in [6, 6.07) is 12.8. The minimum absolute atomic E-state index is 0.0999. The van der Waals surface area contributed by atoms with Crippen LogP contribution in [-0.4, -0.2) is 24.1 Å². The molecule has 0 aliphatic rings. The molecule has 7 heteroatoms. The lowest BCUT2D eigenvalue weighted by Gasteiger charge is -2.27. The number of benzene rings is 2. The van der Waals surface area contributed by atoms with Crippen molar-refractivity contribution in [3.8, 4) is 5.75 Å².